The van der Waals surface area contributed by atoms with Crippen molar-refractivity contribution in [2.75, 3.05) is 4.90 Å². The number of para-hydroxylation sites is 1. The van der Waals surface area contributed by atoms with Gasteiger partial charge in [-0.2, -0.15) is 0 Å². The summed E-state index contributed by atoms with van der Waals surface area (Å²) in [7, 11) is 0. The Labute approximate surface area is 259 Å². The maximum absolute atomic E-state index is 13.8. The molecule has 5 aromatic carbocycles. The standard InChI is InChI=1S/C36H29N3O6/c1-22(37-44-24(3)40)35(42)26-18-20-28(21-19-26)39(27-12-6-5-7-13-27)34-31-16-10-8-14-29(31)33(30-15-9-11-17-32(30)34)36(43)23(2)38-45-25(4)41/h5-21H,1-4H3/b37-22-,38-23+. The fourth-order valence-electron chi connectivity index (χ4n) is 5.08. The molecule has 0 aliphatic rings. The second kappa shape index (κ2) is 13.1. The van der Waals surface area contributed by atoms with Gasteiger partial charge >= 0.3 is 11.9 Å². The van der Waals surface area contributed by atoms with Gasteiger partial charge in [0.2, 0.25) is 11.6 Å². The average Bonchev–Trinajstić information content (AvgIpc) is 3.06. The third-order valence-electron chi connectivity index (χ3n) is 7.04. The van der Waals surface area contributed by atoms with Crippen molar-refractivity contribution in [1.82, 2.24) is 0 Å². The predicted molar refractivity (Wildman–Crippen MR) is 175 cm³/mol. The molecule has 0 atom stereocenters. The van der Waals surface area contributed by atoms with Crippen molar-refractivity contribution in [3.05, 3.63) is 114 Å². The van der Waals surface area contributed by atoms with Crippen LogP contribution < -0.4 is 4.90 Å². The van der Waals surface area contributed by atoms with E-state index in [-0.39, 0.29) is 23.0 Å². The molecule has 0 unspecified atom stereocenters. The Balaban J connectivity index is 1.74. The molecule has 0 aliphatic heterocycles. The van der Waals surface area contributed by atoms with Gasteiger partial charge in [0.25, 0.3) is 0 Å². The minimum Gasteiger partial charge on any atom is -0.318 e. The van der Waals surface area contributed by atoms with Crippen LogP contribution in [0, 0.1) is 0 Å². The quantitative estimate of drug-likeness (QED) is 0.0560. The molecule has 0 fully saturated rings. The molecule has 5 aromatic rings. The highest BCUT2D eigenvalue weighted by atomic mass is 16.7. The number of hydrogen-bond acceptors (Lipinski definition) is 9. The lowest BCUT2D eigenvalue weighted by Crippen LogP contribution is -2.16. The van der Waals surface area contributed by atoms with Crippen molar-refractivity contribution in [3.8, 4) is 0 Å². The number of Topliss-reactive ketones (excluding diaryl/α,β-unsaturated/α-hetero) is 2. The predicted octanol–water partition coefficient (Wildman–Crippen LogP) is 7.71. The topological polar surface area (TPSA) is 115 Å². The second-order valence-corrected chi connectivity index (χ2v) is 10.2. The molecule has 0 spiro atoms. The maximum atomic E-state index is 13.8. The van der Waals surface area contributed by atoms with Crippen molar-refractivity contribution in [2.45, 2.75) is 27.7 Å². The number of carbonyl (C=O) groups excluding carboxylic acids is 4. The van der Waals surface area contributed by atoms with Gasteiger partial charge in [-0.25, -0.2) is 9.59 Å². The third kappa shape index (κ3) is 6.37. The Morgan fingerprint density at radius 1 is 0.511 bits per heavy atom. The van der Waals surface area contributed by atoms with E-state index in [1.54, 1.807) is 12.1 Å². The number of oxime groups is 2. The zero-order chi connectivity index (χ0) is 32.1. The number of nitrogens with zero attached hydrogens (tertiary/aromatic N) is 3. The van der Waals surface area contributed by atoms with Crippen LogP contribution in [0.1, 0.15) is 48.4 Å². The van der Waals surface area contributed by atoms with E-state index in [0.29, 0.717) is 21.9 Å². The Morgan fingerprint density at radius 2 is 0.933 bits per heavy atom. The van der Waals surface area contributed by atoms with Crippen LogP contribution in [-0.2, 0) is 19.3 Å². The van der Waals surface area contributed by atoms with Crippen molar-refractivity contribution in [2.24, 2.45) is 10.3 Å². The first kappa shape index (κ1) is 30.5. The Hall–Kier alpha value is -5.96. The summed E-state index contributed by atoms with van der Waals surface area (Å²) in [4.78, 5) is 60.8. The van der Waals surface area contributed by atoms with Crippen LogP contribution in [0.5, 0.6) is 0 Å². The highest BCUT2D eigenvalue weighted by Crippen LogP contribution is 2.45. The molecule has 9 heteroatoms. The normalized spacial score (nSPS) is 11.7. The monoisotopic (exact) mass is 599 g/mol. The molecule has 0 radical (unpaired) electrons. The van der Waals surface area contributed by atoms with Gasteiger partial charge in [-0.05, 0) is 61.0 Å². The molecule has 5 rings (SSSR count). The first-order chi connectivity index (χ1) is 21.7. The minimum absolute atomic E-state index is 0.0426. The summed E-state index contributed by atoms with van der Waals surface area (Å²) >= 11 is 0. The van der Waals surface area contributed by atoms with Crippen LogP contribution in [-0.4, -0.2) is 34.9 Å². The van der Waals surface area contributed by atoms with E-state index < -0.39 is 11.9 Å². The molecule has 45 heavy (non-hydrogen) atoms. The molecule has 0 saturated heterocycles. The van der Waals surface area contributed by atoms with Crippen molar-refractivity contribution >= 4 is 73.5 Å². The summed E-state index contributed by atoms with van der Waals surface area (Å²) < 4.78 is 0. The van der Waals surface area contributed by atoms with Crippen molar-refractivity contribution in [3.63, 3.8) is 0 Å². The average molecular weight is 600 g/mol. The van der Waals surface area contributed by atoms with E-state index in [0.717, 1.165) is 27.8 Å². The molecule has 0 aromatic heterocycles. The van der Waals surface area contributed by atoms with Crippen LogP contribution in [0.2, 0.25) is 0 Å². The van der Waals surface area contributed by atoms with Crippen LogP contribution in [0.3, 0.4) is 0 Å². The van der Waals surface area contributed by atoms with Crippen LogP contribution >= 0.6 is 0 Å². The van der Waals surface area contributed by atoms with Gasteiger partial charge in [-0.15, -0.1) is 0 Å². The number of rotatable bonds is 9. The number of fused-ring (bicyclic) bond motifs is 2. The van der Waals surface area contributed by atoms with E-state index in [1.165, 1.54) is 27.7 Å². The Bertz CT molecular complexity index is 1960. The molecule has 0 aliphatic carbocycles. The molecule has 0 N–H and O–H groups in total. The van der Waals surface area contributed by atoms with Gasteiger partial charge in [0.15, 0.2) is 0 Å². The van der Waals surface area contributed by atoms with Crippen LogP contribution in [0.15, 0.2) is 113 Å². The van der Waals surface area contributed by atoms with Crippen LogP contribution in [0.4, 0.5) is 17.1 Å². The molecule has 0 heterocycles. The number of ketones is 2. The molecular formula is C36H29N3O6. The van der Waals surface area contributed by atoms with E-state index in [1.807, 2.05) is 91.0 Å². The van der Waals surface area contributed by atoms with E-state index in [2.05, 4.69) is 20.0 Å². The Morgan fingerprint density at radius 3 is 1.42 bits per heavy atom. The molecule has 9 nitrogen and oxygen atoms in total. The molecule has 224 valence electrons. The van der Waals surface area contributed by atoms with Gasteiger partial charge in [0.1, 0.15) is 11.4 Å². The van der Waals surface area contributed by atoms with Crippen LogP contribution in [0.25, 0.3) is 21.5 Å². The molecule has 0 saturated carbocycles. The SMILES string of the molecule is CC(=O)O/N=C(/C)C(=O)c1ccc(N(c2ccccc2)c2c3ccccc3c(C(=O)/C(C)=N/OC(C)=O)c3ccccc23)cc1. The molecule has 0 bridgehead atoms. The highest BCUT2D eigenvalue weighted by Gasteiger charge is 2.25. The summed E-state index contributed by atoms with van der Waals surface area (Å²) in [6.45, 7) is 5.43. The maximum Gasteiger partial charge on any atom is 0.331 e. The summed E-state index contributed by atoms with van der Waals surface area (Å²) in [6.07, 6.45) is 0. The van der Waals surface area contributed by atoms with Gasteiger partial charge in [0, 0.05) is 47.1 Å². The molecule has 0 amide bonds. The first-order valence-electron chi connectivity index (χ1n) is 14.1. The summed E-state index contributed by atoms with van der Waals surface area (Å²) in [5.74, 6) is -1.98. The van der Waals surface area contributed by atoms with Gasteiger partial charge in [0.05, 0.1) is 5.69 Å². The minimum atomic E-state index is -0.620. The van der Waals surface area contributed by atoms with E-state index in [9.17, 15) is 19.2 Å². The number of anilines is 3. The van der Waals surface area contributed by atoms with E-state index in [4.69, 9.17) is 4.84 Å². The van der Waals surface area contributed by atoms with Gasteiger partial charge in [-0.3, -0.25) is 9.59 Å². The second-order valence-electron chi connectivity index (χ2n) is 10.2. The third-order valence-corrected chi connectivity index (χ3v) is 7.04. The summed E-state index contributed by atoms with van der Waals surface area (Å²) in [5, 5.41) is 10.4. The smallest absolute Gasteiger partial charge is 0.318 e. The zero-order valence-electron chi connectivity index (χ0n) is 25.1. The lowest BCUT2D eigenvalue weighted by atomic mass is 9.90. The number of benzene rings is 5. The Kier molecular flexibility index (Phi) is 8.90. The number of carbonyl (C=O) groups is 4. The van der Waals surface area contributed by atoms with Gasteiger partial charge < -0.3 is 14.6 Å². The fourth-order valence-corrected chi connectivity index (χ4v) is 5.08. The van der Waals surface area contributed by atoms with Gasteiger partial charge in [-0.1, -0.05) is 77.0 Å². The molecular weight excluding hydrogens is 570 g/mol. The lowest BCUT2D eigenvalue weighted by Gasteiger charge is -2.29. The fraction of sp³-hybridized carbons (Fsp3) is 0.111. The largest absolute Gasteiger partial charge is 0.331 e. The first-order valence-corrected chi connectivity index (χ1v) is 14.1. The summed E-state index contributed by atoms with van der Waals surface area (Å²) in [6, 6.07) is 32.0. The van der Waals surface area contributed by atoms with E-state index >= 15 is 0 Å². The summed E-state index contributed by atoms with van der Waals surface area (Å²) in [5.41, 5.74) is 3.34. The van der Waals surface area contributed by atoms with Crippen molar-refractivity contribution < 1.29 is 28.9 Å². The highest BCUT2D eigenvalue weighted by molar-refractivity contribution is 6.50. The zero-order valence-corrected chi connectivity index (χ0v) is 25.1. The lowest BCUT2D eigenvalue weighted by molar-refractivity contribution is -0.141. The van der Waals surface area contributed by atoms with Crippen molar-refractivity contribution in [1.29, 1.82) is 0 Å². The number of hydrogen-bond donors (Lipinski definition) is 0.